The van der Waals surface area contributed by atoms with E-state index >= 15 is 0 Å². The maximum Gasteiger partial charge on any atom is 0.238 e. The second-order valence-corrected chi connectivity index (χ2v) is 5.75. The molecule has 0 radical (unpaired) electrons. The molecule has 1 saturated heterocycles. The lowest BCUT2D eigenvalue weighted by molar-refractivity contribution is 0.0337. The van der Waals surface area contributed by atoms with Gasteiger partial charge in [0.25, 0.3) is 0 Å². The second kappa shape index (κ2) is 5.31. The Kier molecular flexibility index (Phi) is 3.96. The minimum atomic E-state index is -3.85. The average Bonchev–Trinajstić information content (AvgIpc) is 2.32. The van der Waals surface area contributed by atoms with E-state index < -0.39 is 15.8 Å². The number of nitrogens with zero attached hydrogens (tertiary/aromatic N) is 1. The van der Waals surface area contributed by atoms with Crippen LogP contribution in [0.15, 0.2) is 23.1 Å². The second-order valence-electron chi connectivity index (χ2n) is 4.19. The van der Waals surface area contributed by atoms with E-state index in [1.165, 1.54) is 12.1 Å². The van der Waals surface area contributed by atoms with Gasteiger partial charge < -0.3 is 4.74 Å². The molecular weight excluding hydrogens is 259 g/mol. The van der Waals surface area contributed by atoms with Crippen molar-refractivity contribution in [3.63, 3.8) is 0 Å². The van der Waals surface area contributed by atoms with Crippen LogP contribution in [0.1, 0.15) is 5.56 Å². The fourth-order valence-corrected chi connectivity index (χ4v) is 2.36. The average molecular weight is 274 g/mol. The van der Waals surface area contributed by atoms with Crippen LogP contribution in [-0.4, -0.2) is 39.6 Å². The van der Waals surface area contributed by atoms with Crippen molar-refractivity contribution in [2.45, 2.75) is 11.4 Å². The Bertz CT molecular complexity index is 527. The quantitative estimate of drug-likeness (QED) is 0.860. The molecule has 1 fully saturated rings. The highest BCUT2D eigenvalue weighted by molar-refractivity contribution is 7.89. The highest BCUT2D eigenvalue weighted by Gasteiger charge is 2.15. The fraction of sp³-hybridized carbons (Fsp3) is 0.455. The third kappa shape index (κ3) is 3.26. The summed E-state index contributed by atoms with van der Waals surface area (Å²) in [5, 5.41) is 4.94. The summed E-state index contributed by atoms with van der Waals surface area (Å²) < 4.78 is 41.1. The normalized spacial score (nSPS) is 17.9. The molecule has 1 aliphatic heterocycles. The number of hydrogen-bond acceptors (Lipinski definition) is 4. The van der Waals surface area contributed by atoms with E-state index in [0.29, 0.717) is 25.3 Å². The third-order valence-electron chi connectivity index (χ3n) is 2.85. The molecule has 0 amide bonds. The predicted octanol–water partition coefficient (Wildman–Crippen LogP) is 0.305. The van der Waals surface area contributed by atoms with Gasteiger partial charge >= 0.3 is 0 Å². The maximum absolute atomic E-state index is 13.8. The predicted molar refractivity (Wildman–Crippen MR) is 63.9 cm³/mol. The van der Waals surface area contributed by atoms with Gasteiger partial charge in [-0.1, -0.05) is 6.07 Å². The molecule has 2 rings (SSSR count). The van der Waals surface area contributed by atoms with E-state index in [2.05, 4.69) is 4.90 Å². The fourth-order valence-electron chi connectivity index (χ4n) is 1.83. The van der Waals surface area contributed by atoms with E-state index in [-0.39, 0.29) is 4.90 Å². The van der Waals surface area contributed by atoms with E-state index in [1.807, 2.05) is 0 Å². The number of sulfonamides is 1. The van der Waals surface area contributed by atoms with Crippen LogP contribution in [0.4, 0.5) is 4.39 Å². The minimum absolute atomic E-state index is 0.203. The van der Waals surface area contributed by atoms with E-state index in [1.54, 1.807) is 0 Å². The molecule has 2 N–H and O–H groups in total. The number of ether oxygens (including phenoxy) is 1. The zero-order chi connectivity index (χ0) is 13.2. The van der Waals surface area contributed by atoms with Crippen LogP contribution in [0.2, 0.25) is 0 Å². The van der Waals surface area contributed by atoms with E-state index in [4.69, 9.17) is 9.88 Å². The summed E-state index contributed by atoms with van der Waals surface area (Å²) in [5.74, 6) is -0.548. The molecule has 1 aromatic rings. The summed E-state index contributed by atoms with van der Waals surface area (Å²) in [6.45, 7) is 3.21. The first-order chi connectivity index (χ1) is 8.47. The molecule has 0 spiro atoms. The van der Waals surface area contributed by atoms with Crippen molar-refractivity contribution < 1.29 is 17.5 Å². The van der Waals surface area contributed by atoms with Crippen molar-refractivity contribution in [3.8, 4) is 0 Å². The Hall–Kier alpha value is -1.02. The Morgan fingerprint density at radius 1 is 1.33 bits per heavy atom. The van der Waals surface area contributed by atoms with Crippen LogP contribution >= 0.6 is 0 Å². The largest absolute Gasteiger partial charge is 0.379 e. The lowest BCUT2D eigenvalue weighted by atomic mass is 10.2. The molecule has 7 heteroatoms. The zero-order valence-electron chi connectivity index (χ0n) is 9.80. The standard InChI is InChI=1S/C11H15FN2O3S/c12-11-7-10(18(13,15)16)2-1-9(11)8-14-3-5-17-6-4-14/h1-2,7H,3-6,8H2,(H2,13,15,16). The molecule has 1 heterocycles. The van der Waals surface area contributed by atoms with Crippen molar-refractivity contribution in [1.82, 2.24) is 4.90 Å². The monoisotopic (exact) mass is 274 g/mol. The number of hydrogen-bond donors (Lipinski definition) is 1. The van der Waals surface area contributed by atoms with Gasteiger partial charge in [-0.25, -0.2) is 17.9 Å². The van der Waals surface area contributed by atoms with E-state index in [0.717, 1.165) is 19.2 Å². The van der Waals surface area contributed by atoms with Gasteiger partial charge in [-0.05, 0) is 12.1 Å². The van der Waals surface area contributed by atoms with E-state index in [9.17, 15) is 12.8 Å². The topological polar surface area (TPSA) is 72.6 Å². The maximum atomic E-state index is 13.8. The number of halogens is 1. The number of rotatable bonds is 3. The van der Waals surface area contributed by atoms with Gasteiger partial charge in [0.2, 0.25) is 10.0 Å². The SMILES string of the molecule is NS(=O)(=O)c1ccc(CN2CCOCC2)c(F)c1. The van der Waals surface area contributed by atoms with Crippen molar-refractivity contribution >= 4 is 10.0 Å². The van der Waals surface area contributed by atoms with Gasteiger partial charge in [0.05, 0.1) is 18.1 Å². The first-order valence-electron chi connectivity index (χ1n) is 5.58. The first kappa shape index (κ1) is 13.4. The van der Waals surface area contributed by atoms with Gasteiger partial charge in [-0.15, -0.1) is 0 Å². The molecule has 0 aromatic heterocycles. The van der Waals surface area contributed by atoms with Crippen molar-refractivity contribution in [2.75, 3.05) is 26.3 Å². The highest BCUT2D eigenvalue weighted by atomic mass is 32.2. The summed E-state index contributed by atoms with van der Waals surface area (Å²) >= 11 is 0. The summed E-state index contributed by atoms with van der Waals surface area (Å²) in [4.78, 5) is 1.85. The summed E-state index contributed by atoms with van der Waals surface area (Å²) in [5.41, 5.74) is 0.462. The molecular formula is C11H15FN2O3S. The summed E-state index contributed by atoms with van der Waals surface area (Å²) in [7, 11) is -3.85. The Morgan fingerprint density at radius 2 is 2.00 bits per heavy atom. The smallest absolute Gasteiger partial charge is 0.238 e. The molecule has 1 aliphatic rings. The van der Waals surface area contributed by atoms with Gasteiger partial charge in [0, 0.05) is 25.2 Å². The summed E-state index contributed by atoms with van der Waals surface area (Å²) in [6.07, 6.45) is 0. The number of benzene rings is 1. The van der Waals surface area contributed by atoms with Crippen molar-refractivity contribution in [3.05, 3.63) is 29.6 Å². The van der Waals surface area contributed by atoms with Crippen LogP contribution in [0.3, 0.4) is 0 Å². The molecule has 0 atom stereocenters. The molecule has 100 valence electrons. The third-order valence-corrected chi connectivity index (χ3v) is 3.76. The van der Waals surface area contributed by atoms with Crippen molar-refractivity contribution in [1.29, 1.82) is 0 Å². The molecule has 1 aromatic carbocycles. The van der Waals surface area contributed by atoms with Crippen LogP contribution in [-0.2, 0) is 21.3 Å². The Morgan fingerprint density at radius 3 is 2.56 bits per heavy atom. The zero-order valence-corrected chi connectivity index (χ0v) is 10.6. The van der Waals surface area contributed by atoms with Crippen molar-refractivity contribution in [2.24, 2.45) is 5.14 Å². The van der Waals surface area contributed by atoms with Crippen LogP contribution in [0.5, 0.6) is 0 Å². The first-order valence-corrected chi connectivity index (χ1v) is 7.13. The molecule has 18 heavy (non-hydrogen) atoms. The molecule has 0 saturated carbocycles. The van der Waals surface area contributed by atoms with Crippen LogP contribution in [0, 0.1) is 5.82 Å². The number of morpholine rings is 1. The number of primary sulfonamides is 1. The van der Waals surface area contributed by atoms with Gasteiger partial charge in [0.1, 0.15) is 5.82 Å². The molecule has 5 nitrogen and oxygen atoms in total. The highest BCUT2D eigenvalue weighted by Crippen LogP contribution is 2.16. The molecule has 0 aliphatic carbocycles. The van der Waals surface area contributed by atoms with Crippen LogP contribution in [0.25, 0.3) is 0 Å². The van der Waals surface area contributed by atoms with Gasteiger partial charge in [0.15, 0.2) is 0 Å². The van der Waals surface area contributed by atoms with Gasteiger partial charge in [-0.2, -0.15) is 0 Å². The molecule has 0 unspecified atom stereocenters. The lowest BCUT2D eigenvalue weighted by Gasteiger charge is -2.26. The van der Waals surface area contributed by atoms with Gasteiger partial charge in [-0.3, -0.25) is 4.90 Å². The lowest BCUT2D eigenvalue weighted by Crippen LogP contribution is -2.35. The Labute approximate surface area is 105 Å². The Balaban J connectivity index is 2.14. The summed E-state index contributed by atoms with van der Waals surface area (Å²) in [6, 6.07) is 3.75. The molecule has 0 bridgehead atoms. The minimum Gasteiger partial charge on any atom is -0.379 e. The number of nitrogens with two attached hydrogens (primary N) is 1. The van der Waals surface area contributed by atoms with Crippen LogP contribution < -0.4 is 5.14 Å².